The zero-order chi connectivity index (χ0) is 38.9. The number of benzene rings is 1. The molecule has 0 aromatic heterocycles. The van der Waals surface area contributed by atoms with Crippen LogP contribution in [0.1, 0.15) is 213 Å². The zero-order valence-corrected chi connectivity index (χ0v) is 37.0. The minimum absolute atomic E-state index is 0.706. The quantitative estimate of drug-likeness (QED) is 0.0499. The van der Waals surface area contributed by atoms with Crippen molar-refractivity contribution in [1.29, 1.82) is 0 Å². The summed E-state index contributed by atoms with van der Waals surface area (Å²) >= 11 is 0. The summed E-state index contributed by atoms with van der Waals surface area (Å²) in [5.41, 5.74) is 1.09. The molecule has 1 aliphatic heterocycles. The minimum Gasteiger partial charge on any atom is -0.489 e. The van der Waals surface area contributed by atoms with E-state index in [4.69, 9.17) is 14.2 Å². The monoisotopic (exact) mass is 757 g/mol. The number of unbranched alkanes of at least 4 members (excludes halogenated alkanes) is 27. The predicted molar refractivity (Wildman–Crippen MR) is 236 cm³/mol. The lowest BCUT2D eigenvalue weighted by atomic mass is 10.1. The predicted octanol–water partition coefficient (Wildman–Crippen LogP) is 14.0. The topological polar surface area (TPSA) is 37.2 Å². The Morgan fingerprint density at radius 3 is 1.13 bits per heavy atom. The number of anilines is 1. The molecular weight excluding hydrogens is 667 g/mol. The van der Waals surface area contributed by atoms with Crippen LogP contribution in [0.15, 0.2) is 12.1 Å². The van der Waals surface area contributed by atoms with Crippen molar-refractivity contribution in [2.24, 2.45) is 0 Å². The lowest BCUT2D eigenvalue weighted by molar-refractivity contribution is -0.487. The Labute approximate surface area is 336 Å². The number of nitrogens with zero attached hydrogens (tertiary/aromatic N) is 3. The summed E-state index contributed by atoms with van der Waals surface area (Å²) in [5, 5.41) is 0. The van der Waals surface area contributed by atoms with E-state index in [9.17, 15) is 0 Å². The van der Waals surface area contributed by atoms with E-state index < -0.39 is 0 Å². The molecule has 0 amide bonds. The molecule has 314 valence electrons. The molecule has 1 aromatic rings. The molecule has 0 atom stereocenters. The van der Waals surface area contributed by atoms with Crippen molar-refractivity contribution in [2.75, 3.05) is 59.0 Å². The Hall–Kier alpha value is -2.11. The van der Waals surface area contributed by atoms with Gasteiger partial charge >= 0.3 is 5.96 Å². The van der Waals surface area contributed by atoms with Gasteiger partial charge in [-0.3, -0.25) is 9.48 Å². The molecular formula is C48H90N3O3+. The molecule has 1 aliphatic rings. The minimum atomic E-state index is 0.706. The maximum absolute atomic E-state index is 6.65. The summed E-state index contributed by atoms with van der Waals surface area (Å²) in [7, 11) is 6.54. The second kappa shape index (κ2) is 33.1. The fourth-order valence-electron chi connectivity index (χ4n) is 7.84. The van der Waals surface area contributed by atoms with E-state index in [0.717, 1.165) is 55.3 Å². The normalized spacial score (nSPS) is 13.0. The van der Waals surface area contributed by atoms with E-state index in [2.05, 4.69) is 68.4 Å². The highest BCUT2D eigenvalue weighted by atomic mass is 16.5. The van der Waals surface area contributed by atoms with Crippen molar-refractivity contribution in [2.45, 2.75) is 213 Å². The SMILES string of the molecule is CCCCCCCCCCCCOc1cc(N(C)C2=[N+](C)CCN2C)cc(OCCCCCCCCCCCC)c1OCCCCCCCCCCCC. The Morgan fingerprint density at radius 1 is 0.500 bits per heavy atom. The van der Waals surface area contributed by atoms with Crippen LogP contribution < -0.4 is 19.1 Å². The number of likely N-dealkylation sites (N-methyl/N-ethyl adjacent to an activating group) is 2. The molecule has 0 N–H and O–H groups in total. The molecule has 1 heterocycles. The molecule has 2 rings (SSSR count). The van der Waals surface area contributed by atoms with Crippen LogP contribution in [0.5, 0.6) is 17.2 Å². The van der Waals surface area contributed by atoms with Gasteiger partial charge in [0.25, 0.3) is 0 Å². The largest absolute Gasteiger partial charge is 0.489 e. The van der Waals surface area contributed by atoms with Gasteiger partial charge in [-0.05, 0) is 19.3 Å². The van der Waals surface area contributed by atoms with Gasteiger partial charge in [0.05, 0.1) is 54.1 Å². The van der Waals surface area contributed by atoms with Gasteiger partial charge in [0.1, 0.15) is 5.69 Å². The fourth-order valence-corrected chi connectivity index (χ4v) is 7.84. The van der Waals surface area contributed by atoms with Gasteiger partial charge in [-0.25, -0.2) is 4.90 Å². The van der Waals surface area contributed by atoms with Gasteiger partial charge in [-0.15, -0.1) is 0 Å². The highest BCUT2D eigenvalue weighted by Gasteiger charge is 2.31. The zero-order valence-electron chi connectivity index (χ0n) is 37.0. The second-order valence-electron chi connectivity index (χ2n) is 16.6. The molecule has 0 radical (unpaired) electrons. The van der Waals surface area contributed by atoms with Crippen LogP contribution in [0.2, 0.25) is 0 Å². The highest BCUT2D eigenvalue weighted by molar-refractivity contribution is 5.93. The van der Waals surface area contributed by atoms with Crippen LogP contribution in [0.25, 0.3) is 0 Å². The van der Waals surface area contributed by atoms with Crippen molar-refractivity contribution in [3.63, 3.8) is 0 Å². The number of rotatable bonds is 37. The van der Waals surface area contributed by atoms with Crippen molar-refractivity contribution < 1.29 is 18.8 Å². The van der Waals surface area contributed by atoms with E-state index in [1.807, 2.05) is 0 Å². The van der Waals surface area contributed by atoms with Crippen LogP contribution in [-0.4, -0.2) is 69.5 Å². The summed E-state index contributed by atoms with van der Waals surface area (Å²) in [6.07, 6.45) is 39.6. The summed E-state index contributed by atoms with van der Waals surface area (Å²) in [6.45, 7) is 11.1. The summed E-state index contributed by atoms with van der Waals surface area (Å²) < 4.78 is 22.3. The molecule has 0 fully saturated rings. The van der Waals surface area contributed by atoms with Crippen molar-refractivity contribution in [3.8, 4) is 17.2 Å². The van der Waals surface area contributed by atoms with Crippen LogP contribution in [0, 0.1) is 0 Å². The van der Waals surface area contributed by atoms with Gasteiger partial charge in [-0.2, -0.15) is 0 Å². The summed E-state index contributed by atoms with van der Waals surface area (Å²) in [4.78, 5) is 4.63. The molecule has 0 spiro atoms. The lowest BCUT2D eigenvalue weighted by Gasteiger charge is -2.22. The third-order valence-electron chi connectivity index (χ3n) is 11.4. The van der Waals surface area contributed by atoms with E-state index in [0.29, 0.717) is 19.8 Å². The Bertz CT molecular complexity index is 1010. The first-order valence-electron chi connectivity index (χ1n) is 23.6. The third kappa shape index (κ3) is 21.8. The number of hydrogen-bond acceptors (Lipinski definition) is 5. The smallest absolute Gasteiger partial charge is 0.355 e. The molecule has 0 unspecified atom stereocenters. The Morgan fingerprint density at radius 2 is 0.815 bits per heavy atom. The van der Waals surface area contributed by atoms with Gasteiger partial charge in [0, 0.05) is 12.1 Å². The maximum Gasteiger partial charge on any atom is 0.355 e. The second-order valence-corrected chi connectivity index (χ2v) is 16.6. The van der Waals surface area contributed by atoms with E-state index in [1.54, 1.807) is 0 Å². The molecule has 0 saturated carbocycles. The molecule has 54 heavy (non-hydrogen) atoms. The maximum atomic E-state index is 6.65. The van der Waals surface area contributed by atoms with Gasteiger partial charge < -0.3 is 14.2 Å². The number of ether oxygens (including phenoxy) is 3. The van der Waals surface area contributed by atoms with Crippen LogP contribution in [0.3, 0.4) is 0 Å². The molecule has 0 saturated heterocycles. The van der Waals surface area contributed by atoms with Crippen LogP contribution in [-0.2, 0) is 0 Å². The van der Waals surface area contributed by atoms with Crippen LogP contribution >= 0.6 is 0 Å². The Kier molecular flexibility index (Phi) is 29.4. The average Bonchev–Trinajstić information content (AvgIpc) is 3.51. The molecule has 0 aliphatic carbocycles. The number of guanidine groups is 1. The van der Waals surface area contributed by atoms with Gasteiger partial charge in [-0.1, -0.05) is 194 Å². The lowest BCUT2D eigenvalue weighted by Crippen LogP contribution is -2.40. The molecule has 6 heteroatoms. The first-order chi connectivity index (χ1) is 26.5. The fraction of sp³-hybridized carbons (Fsp3) is 0.854. The van der Waals surface area contributed by atoms with Gasteiger partial charge in [0.2, 0.25) is 5.75 Å². The van der Waals surface area contributed by atoms with E-state index in [-0.39, 0.29) is 0 Å². The first kappa shape index (κ1) is 48.0. The standard InChI is InChI=1S/C48H90N3O3/c1-7-10-13-16-19-22-25-28-31-34-39-52-45-42-44(51(6)48-49(4)37-38-50(48)5)43-46(53-40-35-32-29-26-23-20-17-14-11-8-2)47(45)54-41-36-33-30-27-24-21-18-15-12-9-3/h42-43H,7-41H2,1-6H3/q+1. The Balaban J connectivity index is 2.05. The number of hydrogen-bond donors (Lipinski definition) is 0. The van der Waals surface area contributed by atoms with E-state index >= 15 is 0 Å². The average molecular weight is 757 g/mol. The third-order valence-corrected chi connectivity index (χ3v) is 11.4. The summed E-state index contributed by atoms with van der Waals surface area (Å²) in [6, 6.07) is 4.40. The highest BCUT2D eigenvalue weighted by Crippen LogP contribution is 2.42. The van der Waals surface area contributed by atoms with Crippen molar-refractivity contribution in [1.82, 2.24) is 4.90 Å². The first-order valence-corrected chi connectivity index (χ1v) is 23.6. The molecule has 1 aromatic carbocycles. The van der Waals surface area contributed by atoms with Crippen LogP contribution in [0.4, 0.5) is 5.69 Å². The summed E-state index contributed by atoms with van der Waals surface area (Å²) in [5.74, 6) is 3.68. The molecule has 0 bridgehead atoms. The van der Waals surface area contributed by atoms with E-state index in [1.165, 1.54) is 179 Å². The van der Waals surface area contributed by atoms with Crippen molar-refractivity contribution in [3.05, 3.63) is 12.1 Å². The van der Waals surface area contributed by atoms with Crippen molar-refractivity contribution >= 4 is 11.6 Å². The molecule has 6 nitrogen and oxygen atoms in total. The van der Waals surface area contributed by atoms with Gasteiger partial charge in [0.15, 0.2) is 11.5 Å².